The van der Waals surface area contributed by atoms with E-state index in [1.165, 1.54) is 17.3 Å². The topological polar surface area (TPSA) is 64.0 Å². The highest BCUT2D eigenvalue weighted by Gasteiger charge is 2.20. The predicted octanol–water partition coefficient (Wildman–Crippen LogP) is 4.08. The van der Waals surface area contributed by atoms with E-state index in [2.05, 4.69) is 10.3 Å². The first kappa shape index (κ1) is 20.1. The number of carbonyl (C=O) groups excluding carboxylic acids is 1. The maximum absolute atomic E-state index is 12.9. The molecule has 0 bridgehead atoms. The lowest BCUT2D eigenvalue weighted by atomic mass is 10.1. The van der Waals surface area contributed by atoms with E-state index < -0.39 is 0 Å². The summed E-state index contributed by atoms with van der Waals surface area (Å²) in [7, 11) is 0. The van der Waals surface area contributed by atoms with Crippen molar-refractivity contribution in [2.75, 3.05) is 0 Å². The molecule has 0 unspecified atom stereocenters. The zero-order valence-electron chi connectivity index (χ0n) is 16.6. The Hall–Kier alpha value is -2.60. The number of amides is 1. The van der Waals surface area contributed by atoms with Crippen molar-refractivity contribution in [3.8, 4) is 0 Å². The van der Waals surface area contributed by atoms with Gasteiger partial charge in [-0.3, -0.25) is 14.2 Å². The number of rotatable bonds is 6. The summed E-state index contributed by atoms with van der Waals surface area (Å²) in [4.78, 5) is 30.1. The molecule has 3 aromatic rings. The maximum atomic E-state index is 12.9. The summed E-state index contributed by atoms with van der Waals surface area (Å²) in [6.07, 6.45) is 0. The van der Waals surface area contributed by atoms with Gasteiger partial charge >= 0.3 is 0 Å². The SMILES string of the molecule is Cc1ccc(CNC(=O)[C@H](C)Sc2nc3ccccc3c(=O)n2C(C)C)cc1. The minimum absolute atomic E-state index is 0.0464. The van der Waals surface area contributed by atoms with E-state index in [1.807, 2.05) is 70.2 Å². The van der Waals surface area contributed by atoms with Gasteiger partial charge in [0.05, 0.1) is 16.2 Å². The molecule has 2 aromatic carbocycles. The van der Waals surface area contributed by atoms with Gasteiger partial charge in [-0.25, -0.2) is 4.98 Å². The molecule has 1 amide bonds. The van der Waals surface area contributed by atoms with E-state index in [0.29, 0.717) is 22.6 Å². The van der Waals surface area contributed by atoms with Crippen LogP contribution in [-0.4, -0.2) is 20.7 Å². The number of thioether (sulfide) groups is 1. The van der Waals surface area contributed by atoms with Gasteiger partial charge in [-0.1, -0.05) is 53.7 Å². The monoisotopic (exact) mass is 395 g/mol. The van der Waals surface area contributed by atoms with Crippen molar-refractivity contribution in [2.24, 2.45) is 0 Å². The quantitative estimate of drug-likeness (QED) is 0.504. The fourth-order valence-electron chi connectivity index (χ4n) is 2.91. The van der Waals surface area contributed by atoms with Crippen LogP contribution in [0.5, 0.6) is 0 Å². The molecule has 1 N–H and O–H groups in total. The second-order valence-electron chi connectivity index (χ2n) is 7.14. The number of hydrogen-bond donors (Lipinski definition) is 1. The Morgan fingerprint density at radius 1 is 1.11 bits per heavy atom. The third-order valence-corrected chi connectivity index (χ3v) is 5.60. The first-order valence-electron chi connectivity index (χ1n) is 9.38. The normalized spacial score (nSPS) is 12.3. The highest BCUT2D eigenvalue weighted by atomic mass is 32.2. The van der Waals surface area contributed by atoms with Crippen LogP contribution in [0.25, 0.3) is 10.9 Å². The first-order valence-corrected chi connectivity index (χ1v) is 10.3. The fraction of sp³-hybridized carbons (Fsp3) is 0.318. The third kappa shape index (κ3) is 4.44. The summed E-state index contributed by atoms with van der Waals surface area (Å²) >= 11 is 1.31. The van der Waals surface area contributed by atoms with E-state index in [1.54, 1.807) is 10.6 Å². The van der Waals surface area contributed by atoms with Gasteiger partial charge in [-0.15, -0.1) is 0 Å². The molecule has 0 aliphatic heterocycles. The van der Waals surface area contributed by atoms with Gasteiger partial charge < -0.3 is 5.32 Å². The average Bonchev–Trinajstić information content (AvgIpc) is 2.67. The largest absolute Gasteiger partial charge is 0.351 e. The van der Waals surface area contributed by atoms with Crippen LogP contribution in [0, 0.1) is 6.92 Å². The summed E-state index contributed by atoms with van der Waals surface area (Å²) in [5.41, 5.74) is 2.82. The van der Waals surface area contributed by atoms with E-state index in [0.717, 1.165) is 5.56 Å². The molecular formula is C22H25N3O2S. The average molecular weight is 396 g/mol. The number of nitrogens with one attached hydrogen (secondary N) is 1. The molecule has 5 nitrogen and oxygen atoms in total. The summed E-state index contributed by atoms with van der Waals surface area (Å²) in [5, 5.41) is 3.75. The second kappa shape index (κ2) is 8.61. The van der Waals surface area contributed by atoms with Crippen LogP contribution in [0.2, 0.25) is 0 Å². The van der Waals surface area contributed by atoms with E-state index in [9.17, 15) is 9.59 Å². The number of aromatic nitrogens is 2. The van der Waals surface area contributed by atoms with Gasteiger partial charge in [0.1, 0.15) is 0 Å². The van der Waals surface area contributed by atoms with Crippen molar-refractivity contribution in [2.45, 2.75) is 50.7 Å². The lowest BCUT2D eigenvalue weighted by Crippen LogP contribution is -2.32. The second-order valence-corrected chi connectivity index (χ2v) is 8.45. The standard InChI is InChI=1S/C22H25N3O2S/c1-14(2)25-21(27)18-7-5-6-8-19(18)24-22(25)28-16(4)20(26)23-13-17-11-9-15(3)10-12-17/h5-12,14,16H,13H2,1-4H3,(H,23,26)/t16-/m0/s1. The van der Waals surface area contributed by atoms with Gasteiger partial charge in [0.2, 0.25) is 5.91 Å². The number of benzene rings is 2. The van der Waals surface area contributed by atoms with Crippen LogP contribution < -0.4 is 10.9 Å². The number of aryl methyl sites for hydroxylation is 1. The van der Waals surface area contributed by atoms with Crippen molar-refractivity contribution in [1.82, 2.24) is 14.9 Å². The molecule has 6 heteroatoms. The fourth-order valence-corrected chi connectivity index (χ4v) is 3.98. The predicted molar refractivity (Wildman–Crippen MR) is 115 cm³/mol. The first-order chi connectivity index (χ1) is 13.4. The zero-order chi connectivity index (χ0) is 20.3. The molecule has 1 atom stereocenters. The smallest absolute Gasteiger partial charge is 0.262 e. The molecule has 0 aliphatic carbocycles. The highest BCUT2D eigenvalue weighted by molar-refractivity contribution is 8.00. The molecular weight excluding hydrogens is 370 g/mol. The molecule has 0 spiro atoms. The molecule has 28 heavy (non-hydrogen) atoms. The zero-order valence-corrected chi connectivity index (χ0v) is 17.4. The Balaban J connectivity index is 1.79. The van der Waals surface area contributed by atoms with Gasteiger partial charge in [0.25, 0.3) is 5.56 Å². The molecule has 0 saturated carbocycles. The van der Waals surface area contributed by atoms with Crippen LogP contribution in [0.1, 0.15) is 37.9 Å². The number of para-hydroxylation sites is 1. The van der Waals surface area contributed by atoms with E-state index in [4.69, 9.17) is 0 Å². The van der Waals surface area contributed by atoms with Crippen molar-refractivity contribution < 1.29 is 4.79 Å². The molecule has 1 aromatic heterocycles. The Bertz CT molecular complexity index is 1040. The van der Waals surface area contributed by atoms with Gasteiger partial charge in [0, 0.05) is 12.6 Å². The van der Waals surface area contributed by atoms with Gasteiger partial charge in [-0.2, -0.15) is 0 Å². The number of hydrogen-bond acceptors (Lipinski definition) is 4. The van der Waals surface area contributed by atoms with Crippen LogP contribution >= 0.6 is 11.8 Å². The molecule has 0 fully saturated rings. The molecule has 0 saturated heterocycles. The lowest BCUT2D eigenvalue weighted by molar-refractivity contribution is -0.120. The number of fused-ring (bicyclic) bond motifs is 1. The van der Waals surface area contributed by atoms with E-state index >= 15 is 0 Å². The van der Waals surface area contributed by atoms with Crippen molar-refractivity contribution in [3.63, 3.8) is 0 Å². The highest BCUT2D eigenvalue weighted by Crippen LogP contribution is 2.25. The van der Waals surface area contributed by atoms with Gasteiger partial charge in [0.15, 0.2) is 5.16 Å². The number of carbonyl (C=O) groups is 1. The Morgan fingerprint density at radius 2 is 1.79 bits per heavy atom. The van der Waals surface area contributed by atoms with Crippen LogP contribution in [0.15, 0.2) is 58.5 Å². The Morgan fingerprint density at radius 3 is 2.46 bits per heavy atom. The molecule has 146 valence electrons. The van der Waals surface area contributed by atoms with Crippen LogP contribution in [0.4, 0.5) is 0 Å². The minimum Gasteiger partial charge on any atom is -0.351 e. The molecule has 1 heterocycles. The lowest BCUT2D eigenvalue weighted by Gasteiger charge is -2.18. The maximum Gasteiger partial charge on any atom is 0.262 e. The third-order valence-electron chi connectivity index (χ3n) is 4.53. The summed E-state index contributed by atoms with van der Waals surface area (Å²) in [6, 6.07) is 15.3. The van der Waals surface area contributed by atoms with Crippen molar-refractivity contribution in [3.05, 3.63) is 70.0 Å². The molecule has 0 radical (unpaired) electrons. The Labute approximate surface area is 169 Å². The van der Waals surface area contributed by atoms with E-state index in [-0.39, 0.29) is 22.8 Å². The minimum atomic E-state index is -0.372. The van der Waals surface area contributed by atoms with Crippen LogP contribution in [-0.2, 0) is 11.3 Å². The summed E-state index contributed by atoms with van der Waals surface area (Å²) in [5.74, 6) is -0.0803. The molecule has 3 rings (SSSR count). The van der Waals surface area contributed by atoms with Crippen molar-refractivity contribution in [1.29, 1.82) is 0 Å². The van der Waals surface area contributed by atoms with Gasteiger partial charge in [-0.05, 0) is 45.4 Å². The van der Waals surface area contributed by atoms with Crippen molar-refractivity contribution >= 4 is 28.6 Å². The molecule has 0 aliphatic rings. The van der Waals surface area contributed by atoms with Crippen LogP contribution in [0.3, 0.4) is 0 Å². The Kier molecular flexibility index (Phi) is 6.19. The summed E-state index contributed by atoms with van der Waals surface area (Å²) in [6.45, 7) is 8.24. The summed E-state index contributed by atoms with van der Waals surface area (Å²) < 4.78 is 1.66. The number of nitrogens with zero attached hydrogens (tertiary/aromatic N) is 2.